The number of aromatic nitrogens is 1. The third kappa shape index (κ3) is 1.78. The molecule has 0 atom stereocenters. The topological polar surface area (TPSA) is 76.0 Å². The maximum Gasteiger partial charge on any atom is 0.213 e. The normalized spacial score (nSPS) is 12.1. The Labute approximate surface area is 81.8 Å². The van der Waals surface area contributed by atoms with Gasteiger partial charge in [-0.1, -0.05) is 18.2 Å². The van der Waals surface area contributed by atoms with Crippen molar-refractivity contribution in [2.45, 2.75) is 5.75 Å². The Kier molecular flexibility index (Phi) is 2.05. The number of nitrogens with one attached hydrogen (secondary N) is 1. The maximum absolute atomic E-state index is 10.9. The zero-order valence-corrected chi connectivity index (χ0v) is 8.21. The highest BCUT2D eigenvalue weighted by molar-refractivity contribution is 7.88. The van der Waals surface area contributed by atoms with Gasteiger partial charge in [0.2, 0.25) is 10.0 Å². The van der Waals surface area contributed by atoms with Crippen molar-refractivity contribution in [3.8, 4) is 0 Å². The molecule has 2 aromatic rings. The monoisotopic (exact) mass is 210 g/mol. The summed E-state index contributed by atoms with van der Waals surface area (Å²) in [6.45, 7) is 0. The van der Waals surface area contributed by atoms with Crippen molar-refractivity contribution in [2.24, 2.45) is 5.14 Å². The smallest absolute Gasteiger partial charge is 0.213 e. The summed E-state index contributed by atoms with van der Waals surface area (Å²) in [4.78, 5) is 2.99. The highest BCUT2D eigenvalue weighted by Gasteiger charge is 2.09. The molecule has 0 radical (unpaired) electrons. The Morgan fingerprint density at radius 3 is 2.71 bits per heavy atom. The molecule has 1 heterocycles. The van der Waals surface area contributed by atoms with E-state index in [2.05, 4.69) is 4.98 Å². The van der Waals surface area contributed by atoms with Crippen LogP contribution in [0.25, 0.3) is 10.9 Å². The van der Waals surface area contributed by atoms with E-state index >= 15 is 0 Å². The quantitative estimate of drug-likeness (QED) is 0.774. The van der Waals surface area contributed by atoms with Crippen LogP contribution in [0, 0.1) is 0 Å². The zero-order valence-electron chi connectivity index (χ0n) is 7.40. The van der Waals surface area contributed by atoms with E-state index in [0.717, 1.165) is 10.9 Å². The van der Waals surface area contributed by atoms with E-state index < -0.39 is 10.0 Å². The Morgan fingerprint density at radius 2 is 2.00 bits per heavy atom. The number of rotatable bonds is 2. The van der Waals surface area contributed by atoms with Gasteiger partial charge >= 0.3 is 0 Å². The molecule has 0 aliphatic heterocycles. The van der Waals surface area contributed by atoms with Crippen LogP contribution in [0.2, 0.25) is 0 Å². The minimum Gasteiger partial charge on any atom is -0.361 e. The van der Waals surface area contributed by atoms with Gasteiger partial charge in [-0.3, -0.25) is 0 Å². The SMILES string of the molecule is NS(=O)(=O)Cc1c[nH]c2ccccc12. The van der Waals surface area contributed by atoms with Crippen LogP contribution in [0.3, 0.4) is 0 Å². The predicted molar refractivity (Wildman–Crippen MR) is 55.1 cm³/mol. The van der Waals surface area contributed by atoms with E-state index in [4.69, 9.17) is 5.14 Å². The number of fused-ring (bicyclic) bond motifs is 1. The van der Waals surface area contributed by atoms with Crippen LogP contribution >= 0.6 is 0 Å². The third-order valence-corrected chi connectivity index (χ3v) is 2.74. The second-order valence-corrected chi connectivity index (χ2v) is 4.78. The molecular weight excluding hydrogens is 200 g/mol. The molecule has 0 saturated heterocycles. The van der Waals surface area contributed by atoms with Crippen molar-refractivity contribution >= 4 is 20.9 Å². The molecule has 1 aromatic carbocycles. The first-order valence-corrected chi connectivity index (χ1v) is 5.83. The number of aromatic amines is 1. The third-order valence-electron chi connectivity index (χ3n) is 2.03. The number of hydrogen-bond acceptors (Lipinski definition) is 2. The Bertz CT molecular complexity index is 557. The van der Waals surface area contributed by atoms with Crippen LogP contribution < -0.4 is 5.14 Å². The van der Waals surface area contributed by atoms with Crippen LogP contribution in [0.15, 0.2) is 30.5 Å². The Balaban J connectivity index is 2.54. The van der Waals surface area contributed by atoms with E-state index in [0.29, 0.717) is 5.56 Å². The number of primary sulfonamides is 1. The summed E-state index contributed by atoms with van der Waals surface area (Å²) in [7, 11) is -3.46. The summed E-state index contributed by atoms with van der Waals surface area (Å²) in [5.74, 6) is -0.128. The van der Waals surface area contributed by atoms with Crippen molar-refractivity contribution in [3.63, 3.8) is 0 Å². The van der Waals surface area contributed by atoms with Crippen LogP contribution in [-0.2, 0) is 15.8 Å². The van der Waals surface area contributed by atoms with E-state index in [1.54, 1.807) is 6.20 Å². The largest absolute Gasteiger partial charge is 0.361 e. The molecule has 74 valence electrons. The molecule has 1 aromatic heterocycles. The lowest BCUT2D eigenvalue weighted by Gasteiger charge is -1.95. The molecule has 3 N–H and O–H groups in total. The van der Waals surface area contributed by atoms with Gasteiger partial charge in [0.25, 0.3) is 0 Å². The standard InChI is InChI=1S/C9H10N2O2S/c10-14(12,13)6-7-5-11-9-4-2-1-3-8(7)9/h1-5,11H,6H2,(H2,10,12,13). The van der Waals surface area contributed by atoms with Crippen LogP contribution in [0.1, 0.15) is 5.56 Å². The number of benzene rings is 1. The second-order valence-electron chi connectivity index (χ2n) is 3.17. The molecule has 14 heavy (non-hydrogen) atoms. The molecule has 0 unspecified atom stereocenters. The first kappa shape index (κ1) is 9.23. The summed E-state index contributed by atoms with van der Waals surface area (Å²) >= 11 is 0. The predicted octanol–water partition coefficient (Wildman–Crippen LogP) is 0.956. The Hall–Kier alpha value is -1.33. The maximum atomic E-state index is 10.9. The van der Waals surface area contributed by atoms with Crippen molar-refractivity contribution in [3.05, 3.63) is 36.0 Å². The van der Waals surface area contributed by atoms with Gasteiger partial charge < -0.3 is 4.98 Å². The lowest BCUT2D eigenvalue weighted by atomic mass is 10.2. The molecule has 0 spiro atoms. The number of para-hydroxylation sites is 1. The van der Waals surface area contributed by atoms with Gasteiger partial charge in [-0.25, -0.2) is 13.6 Å². The second kappa shape index (κ2) is 3.11. The summed E-state index contributed by atoms with van der Waals surface area (Å²) in [6, 6.07) is 7.51. The van der Waals surface area contributed by atoms with Crippen LogP contribution in [-0.4, -0.2) is 13.4 Å². The molecule has 4 nitrogen and oxygen atoms in total. The molecule has 5 heteroatoms. The summed E-state index contributed by atoms with van der Waals surface area (Å²) in [5.41, 5.74) is 1.63. The molecule has 0 bridgehead atoms. The molecule has 0 aliphatic rings. The zero-order chi connectivity index (χ0) is 10.2. The van der Waals surface area contributed by atoms with E-state index in [1.165, 1.54) is 0 Å². The fourth-order valence-corrected chi connectivity index (χ4v) is 2.14. The lowest BCUT2D eigenvalue weighted by molar-refractivity contribution is 0.597. The number of hydrogen-bond donors (Lipinski definition) is 2. The van der Waals surface area contributed by atoms with Crippen LogP contribution in [0.4, 0.5) is 0 Å². The minimum absolute atomic E-state index is 0.128. The van der Waals surface area contributed by atoms with Gasteiger partial charge in [0.1, 0.15) is 0 Å². The molecular formula is C9H10N2O2S. The van der Waals surface area contributed by atoms with Gasteiger partial charge in [0.15, 0.2) is 0 Å². The molecule has 0 aliphatic carbocycles. The highest BCUT2D eigenvalue weighted by atomic mass is 32.2. The van der Waals surface area contributed by atoms with Crippen molar-refractivity contribution in [1.82, 2.24) is 4.98 Å². The molecule has 2 rings (SSSR count). The highest BCUT2D eigenvalue weighted by Crippen LogP contribution is 2.18. The average Bonchev–Trinajstić information content (AvgIpc) is 2.47. The lowest BCUT2D eigenvalue weighted by Crippen LogP contribution is -2.14. The summed E-state index contributed by atoms with van der Waals surface area (Å²) in [5, 5.41) is 5.88. The van der Waals surface area contributed by atoms with Crippen molar-refractivity contribution in [1.29, 1.82) is 0 Å². The first-order valence-electron chi connectivity index (χ1n) is 4.12. The van der Waals surface area contributed by atoms with Gasteiger partial charge in [0.05, 0.1) is 5.75 Å². The summed E-state index contributed by atoms with van der Waals surface area (Å²) in [6.07, 6.45) is 1.68. The van der Waals surface area contributed by atoms with E-state index in [-0.39, 0.29) is 5.75 Å². The van der Waals surface area contributed by atoms with Gasteiger partial charge in [-0.05, 0) is 11.6 Å². The van der Waals surface area contributed by atoms with Gasteiger partial charge in [-0.15, -0.1) is 0 Å². The van der Waals surface area contributed by atoms with E-state index in [1.807, 2.05) is 24.3 Å². The number of sulfonamides is 1. The van der Waals surface area contributed by atoms with Crippen LogP contribution in [0.5, 0.6) is 0 Å². The Morgan fingerprint density at radius 1 is 1.29 bits per heavy atom. The average molecular weight is 210 g/mol. The first-order chi connectivity index (χ1) is 6.56. The molecule has 0 saturated carbocycles. The fraction of sp³-hybridized carbons (Fsp3) is 0.111. The summed E-state index contributed by atoms with van der Waals surface area (Å²) < 4.78 is 21.8. The molecule has 0 amide bonds. The number of nitrogens with two attached hydrogens (primary N) is 1. The van der Waals surface area contributed by atoms with Crippen molar-refractivity contribution in [2.75, 3.05) is 0 Å². The molecule has 0 fully saturated rings. The fourth-order valence-electron chi connectivity index (χ4n) is 1.47. The minimum atomic E-state index is -3.46. The van der Waals surface area contributed by atoms with Crippen molar-refractivity contribution < 1.29 is 8.42 Å². The van der Waals surface area contributed by atoms with E-state index in [9.17, 15) is 8.42 Å². The van der Waals surface area contributed by atoms with Gasteiger partial charge in [0, 0.05) is 17.1 Å². The van der Waals surface area contributed by atoms with Gasteiger partial charge in [-0.2, -0.15) is 0 Å². The number of H-pyrrole nitrogens is 1.